The van der Waals surface area contributed by atoms with Gasteiger partial charge in [-0.3, -0.25) is 4.79 Å². The molecular formula is C14H16N2O. The van der Waals surface area contributed by atoms with E-state index in [1.807, 2.05) is 36.1 Å². The molecule has 3 nitrogen and oxygen atoms in total. The quantitative estimate of drug-likeness (QED) is 0.794. The Morgan fingerprint density at radius 3 is 2.59 bits per heavy atom. The molecule has 0 bridgehead atoms. The Kier molecular flexibility index (Phi) is 3.43. The van der Waals surface area contributed by atoms with Crippen molar-refractivity contribution >= 4 is 5.91 Å². The van der Waals surface area contributed by atoms with E-state index in [4.69, 9.17) is 5.26 Å². The minimum absolute atomic E-state index is 0.0581. The lowest BCUT2D eigenvalue weighted by atomic mass is 10.1. The van der Waals surface area contributed by atoms with Gasteiger partial charge in [-0.25, -0.2) is 0 Å². The van der Waals surface area contributed by atoms with E-state index in [1.54, 1.807) is 0 Å². The largest absolute Gasteiger partial charge is 0.335 e. The highest BCUT2D eigenvalue weighted by Gasteiger charge is 2.32. The third kappa shape index (κ3) is 2.85. The van der Waals surface area contributed by atoms with Crippen LogP contribution in [0.5, 0.6) is 0 Å². The average molecular weight is 228 g/mol. The van der Waals surface area contributed by atoms with Crippen LogP contribution in [-0.4, -0.2) is 23.4 Å². The zero-order chi connectivity index (χ0) is 12.3. The molecule has 0 N–H and O–H groups in total. The first-order chi connectivity index (χ1) is 8.22. The van der Waals surface area contributed by atoms with Crippen molar-refractivity contribution in [3.05, 3.63) is 35.4 Å². The van der Waals surface area contributed by atoms with Crippen molar-refractivity contribution in [3.63, 3.8) is 0 Å². The van der Waals surface area contributed by atoms with Gasteiger partial charge in [0.25, 0.3) is 5.91 Å². The SMILES string of the molecule is Cc1ccc(C(=O)N(CCC#N)C2CC2)cc1. The van der Waals surface area contributed by atoms with Gasteiger partial charge in [-0.05, 0) is 31.9 Å². The fourth-order valence-corrected chi connectivity index (χ4v) is 1.87. The highest BCUT2D eigenvalue weighted by Crippen LogP contribution is 2.28. The number of amides is 1. The molecule has 0 radical (unpaired) electrons. The number of aryl methyl sites for hydroxylation is 1. The third-order valence-electron chi connectivity index (χ3n) is 3.01. The molecule has 0 heterocycles. The van der Waals surface area contributed by atoms with Gasteiger partial charge in [-0.1, -0.05) is 17.7 Å². The van der Waals surface area contributed by atoms with Crippen LogP contribution in [0.25, 0.3) is 0 Å². The number of hydrogen-bond acceptors (Lipinski definition) is 2. The Balaban J connectivity index is 2.10. The lowest BCUT2D eigenvalue weighted by Gasteiger charge is -2.21. The van der Waals surface area contributed by atoms with E-state index in [0.717, 1.165) is 24.0 Å². The number of carbonyl (C=O) groups excluding carboxylic acids is 1. The van der Waals surface area contributed by atoms with Crippen LogP contribution in [0.2, 0.25) is 0 Å². The van der Waals surface area contributed by atoms with Gasteiger partial charge in [0.15, 0.2) is 0 Å². The predicted molar refractivity (Wildman–Crippen MR) is 65.5 cm³/mol. The number of benzene rings is 1. The number of nitrogens with zero attached hydrogens (tertiary/aromatic N) is 2. The normalized spacial score (nSPS) is 14.1. The van der Waals surface area contributed by atoms with Gasteiger partial charge in [0, 0.05) is 18.2 Å². The Morgan fingerprint density at radius 2 is 2.06 bits per heavy atom. The molecule has 1 saturated carbocycles. The van der Waals surface area contributed by atoms with E-state index in [1.165, 1.54) is 0 Å². The van der Waals surface area contributed by atoms with Crippen LogP contribution < -0.4 is 0 Å². The van der Waals surface area contributed by atoms with Crippen molar-refractivity contribution in [3.8, 4) is 6.07 Å². The number of hydrogen-bond donors (Lipinski definition) is 0. The maximum absolute atomic E-state index is 12.3. The summed E-state index contributed by atoms with van der Waals surface area (Å²) in [5.74, 6) is 0.0581. The molecule has 0 aromatic heterocycles. The Hall–Kier alpha value is -1.82. The van der Waals surface area contributed by atoms with Crippen molar-refractivity contribution in [1.82, 2.24) is 4.90 Å². The molecule has 0 atom stereocenters. The fourth-order valence-electron chi connectivity index (χ4n) is 1.87. The van der Waals surface area contributed by atoms with Gasteiger partial charge in [0.1, 0.15) is 0 Å². The van der Waals surface area contributed by atoms with Gasteiger partial charge < -0.3 is 4.90 Å². The summed E-state index contributed by atoms with van der Waals surface area (Å²) < 4.78 is 0. The molecule has 3 heteroatoms. The first-order valence-electron chi connectivity index (χ1n) is 5.97. The van der Waals surface area contributed by atoms with Gasteiger partial charge in [-0.15, -0.1) is 0 Å². The number of nitriles is 1. The molecule has 1 fully saturated rings. The molecule has 0 saturated heterocycles. The lowest BCUT2D eigenvalue weighted by molar-refractivity contribution is 0.0747. The van der Waals surface area contributed by atoms with Crippen LogP contribution in [0.1, 0.15) is 35.2 Å². The molecule has 2 rings (SSSR count). The van der Waals surface area contributed by atoms with E-state index in [2.05, 4.69) is 6.07 Å². The molecule has 1 aliphatic rings. The van der Waals surface area contributed by atoms with Gasteiger partial charge in [0.2, 0.25) is 0 Å². The maximum atomic E-state index is 12.3. The van der Waals surface area contributed by atoms with Crippen molar-refractivity contribution in [1.29, 1.82) is 5.26 Å². The second-order valence-corrected chi connectivity index (χ2v) is 4.50. The van der Waals surface area contributed by atoms with E-state index < -0.39 is 0 Å². The number of rotatable bonds is 4. The highest BCUT2D eigenvalue weighted by molar-refractivity contribution is 5.94. The van der Waals surface area contributed by atoms with E-state index in [0.29, 0.717) is 19.0 Å². The van der Waals surface area contributed by atoms with Gasteiger partial charge in [-0.2, -0.15) is 5.26 Å². The molecular weight excluding hydrogens is 212 g/mol. The molecule has 1 aromatic rings. The van der Waals surface area contributed by atoms with E-state index in [9.17, 15) is 4.79 Å². The summed E-state index contributed by atoms with van der Waals surface area (Å²) in [4.78, 5) is 14.1. The van der Waals surface area contributed by atoms with Crippen LogP contribution in [0.3, 0.4) is 0 Å². The third-order valence-corrected chi connectivity index (χ3v) is 3.01. The van der Waals surface area contributed by atoms with Crippen LogP contribution in [0.15, 0.2) is 24.3 Å². The summed E-state index contributed by atoms with van der Waals surface area (Å²) in [5, 5.41) is 8.62. The fraction of sp³-hybridized carbons (Fsp3) is 0.429. The molecule has 88 valence electrons. The smallest absolute Gasteiger partial charge is 0.254 e. The first-order valence-corrected chi connectivity index (χ1v) is 5.97. The molecule has 0 aliphatic heterocycles. The van der Waals surface area contributed by atoms with Crippen molar-refractivity contribution < 1.29 is 4.79 Å². The summed E-state index contributed by atoms with van der Waals surface area (Å²) in [6.07, 6.45) is 2.56. The summed E-state index contributed by atoms with van der Waals surface area (Å²) in [7, 11) is 0. The zero-order valence-electron chi connectivity index (χ0n) is 10.0. The minimum atomic E-state index is 0.0581. The van der Waals surface area contributed by atoms with Gasteiger partial charge in [0.05, 0.1) is 12.5 Å². The topological polar surface area (TPSA) is 44.1 Å². The summed E-state index contributed by atoms with van der Waals surface area (Å²) in [6.45, 7) is 2.55. The molecule has 17 heavy (non-hydrogen) atoms. The van der Waals surface area contributed by atoms with E-state index >= 15 is 0 Å². The van der Waals surface area contributed by atoms with Crippen molar-refractivity contribution in [2.24, 2.45) is 0 Å². The van der Waals surface area contributed by atoms with Crippen molar-refractivity contribution in [2.45, 2.75) is 32.2 Å². The summed E-state index contributed by atoms with van der Waals surface area (Å²) >= 11 is 0. The summed E-state index contributed by atoms with van der Waals surface area (Å²) in [5.41, 5.74) is 1.87. The monoisotopic (exact) mass is 228 g/mol. The minimum Gasteiger partial charge on any atom is -0.335 e. The molecule has 1 amide bonds. The van der Waals surface area contributed by atoms with Gasteiger partial charge >= 0.3 is 0 Å². The molecule has 0 spiro atoms. The van der Waals surface area contributed by atoms with Crippen LogP contribution in [0, 0.1) is 18.3 Å². The van der Waals surface area contributed by atoms with E-state index in [-0.39, 0.29) is 5.91 Å². The van der Waals surface area contributed by atoms with Crippen molar-refractivity contribution in [2.75, 3.05) is 6.54 Å². The predicted octanol–water partition coefficient (Wildman–Crippen LogP) is 2.51. The maximum Gasteiger partial charge on any atom is 0.254 e. The average Bonchev–Trinajstić information content (AvgIpc) is 3.14. The highest BCUT2D eigenvalue weighted by atomic mass is 16.2. The lowest BCUT2D eigenvalue weighted by Crippen LogP contribution is -2.33. The zero-order valence-corrected chi connectivity index (χ0v) is 10.0. The Bertz CT molecular complexity index is 440. The second-order valence-electron chi connectivity index (χ2n) is 4.50. The second kappa shape index (κ2) is 5.01. The number of carbonyl (C=O) groups is 1. The molecule has 0 unspecified atom stereocenters. The van der Waals surface area contributed by atoms with Crippen LogP contribution in [0.4, 0.5) is 0 Å². The standard InChI is InChI=1S/C14H16N2O/c1-11-3-5-12(6-4-11)14(17)16(10-2-9-15)13-7-8-13/h3-6,13H,2,7-8,10H2,1H3. The molecule has 1 aromatic carbocycles. The Morgan fingerprint density at radius 1 is 1.41 bits per heavy atom. The van der Waals surface area contributed by atoms with Crippen LogP contribution >= 0.6 is 0 Å². The molecule has 1 aliphatic carbocycles. The summed E-state index contributed by atoms with van der Waals surface area (Å²) in [6, 6.07) is 10.1. The van der Waals surface area contributed by atoms with Crippen LogP contribution in [-0.2, 0) is 0 Å². The first kappa shape index (κ1) is 11.7. The Labute approximate surface area is 102 Å².